The molecule has 1 rings (SSSR count). The molecule has 0 saturated carbocycles. The van der Waals surface area contributed by atoms with E-state index in [2.05, 4.69) is 4.98 Å². The van der Waals surface area contributed by atoms with Crippen molar-refractivity contribution in [3.63, 3.8) is 0 Å². The SMILES string of the molecule is CC.Cc1cc(C)c(=O)[nH]c1F. The van der Waals surface area contributed by atoms with E-state index in [1.807, 2.05) is 13.8 Å². The fourth-order valence-electron chi connectivity index (χ4n) is 0.751. The molecule has 0 spiro atoms. The first kappa shape index (κ1) is 10.9. The molecule has 0 saturated heterocycles. The standard InChI is InChI=1S/C7H8FNO.C2H6/c1-4-3-5(2)7(10)9-6(4)8;1-2/h3H,1-2H3,(H,9,10);1-2H3. The van der Waals surface area contributed by atoms with Crippen LogP contribution in [0.15, 0.2) is 10.9 Å². The molecule has 2 nitrogen and oxygen atoms in total. The van der Waals surface area contributed by atoms with E-state index < -0.39 is 5.95 Å². The molecule has 0 fully saturated rings. The Morgan fingerprint density at radius 2 is 1.75 bits per heavy atom. The van der Waals surface area contributed by atoms with Crippen molar-refractivity contribution in [1.29, 1.82) is 0 Å². The molecule has 1 heterocycles. The van der Waals surface area contributed by atoms with Crippen LogP contribution in [0.2, 0.25) is 0 Å². The number of aryl methyl sites for hydroxylation is 2. The number of hydrogen-bond acceptors (Lipinski definition) is 1. The van der Waals surface area contributed by atoms with Crippen LogP contribution in [-0.4, -0.2) is 4.98 Å². The maximum absolute atomic E-state index is 12.5. The Balaban J connectivity index is 0.000000561. The van der Waals surface area contributed by atoms with Gasteiger partial charge >= 0.3 is 0 Å². The van der Waals surface area contributed by atoms with E-state index in [9.17, 15) is 9.18 Å². The van der Waals surface area contributed by atoms with Crippen LogP contribution in [0.25, 0.3) is 0 Å². The van der Waals surface area contributed by atoms with Gasteiger partial charge in [-0.25, -0.2) is 0 Å². The second kappa shape index (κ2) is 4.70. The molecule has 1 N–H and O–H groups in total. The first-order valence-corrected chi connectivity index (χ1v) is 3.97. The summed E-state index contributed by atoms with van der Waals surface area (Å²) in [5.74, 6) is -0.546. The summed E-state index contributed by atoms with van der Waals surface area (Å²) in [5.41, 5.74) is 0.652. The molecule has 68 valence electrons. The van der Waals surface area contributed by atoms with E-state index in [0.29, 0.717) is 11.1 Å². The largest absolute Gasteiger partial charge is 0.298 e. The normalized spacial score (nSPS) is 8.75. The number of aromatic nitrogens is 1. The van der Waals surface area contributed by atoms with Gasteiger partial charge in [0.2, 0.25) is 0 Å². The van der Waals surface area contributed by atoms with Gasteiger partial charge in [-0.3, -0.25) is 9.78 Å². The number of H-pyrrole nitrogens is 1. The number of hydrogen-bond donors (Lipinski definition) is 1. The molecule has 0 aromatic carbocycles. The van der Waals surface area contributed by atoms with Gasteiger partial charge in [0.15, 0.2) is 5.95 Å². The second-order valence-electron chi connectivity index (χ2n) is 2.28. The van der Waals surface area contributed by atoms with Gasteiger partial charge in [-0.05, 0) is 19.9 Å². The quantitative estimate of drug-likeness (QED) is 0.596. The molecule has 1 aromatic heterocycles. The van der Waals surface area contributed by atoms with Crippen molar-refractivity contribution in [2.45, 2.75) is 27.7 Å². The average Bonchev–Trinajstić information content (AvgIpc) is 2.05. The summed E-state index contributed by atoms with van der Waals surface area (Å²) in [5, 5.41) is 0. The molecular weight excluding hydrogens is 157 g/mol. The van der Waals surface area contributed by atoms with Crippen molar-refractivity contribution in [3.8, 4) is 0 Å². The van der Waals surface area contributed by atoms with Crippen molar-refractivity contribution >= 4 is 0 Å². The van der Waals surface area contributed by atoms with Gasteiger partial charge in [-0.2, -0.15) is 4.39 Å². The number of pyridine rings is 1. The predicted octanol–water partition coefficient (Wildman–Crippen LogP) is 2.16. The third-order valence-electron chi connectivity index (χ3n) is 1.36. The van der Waals surface area contributed by atoms with Crippen molar-refractivity contribution in [2.24, 2.45) is 0 Å². The Bertz CT molecular complexity index is 304. The Hall–Kier alpha value is -1.12. The van der Waals surface area contributed by atoms with Crippen molar-refractivity contribution in [2.75, 3.05) is 0 Å². The lowest BCUT2D eigenvalue weighted by Crippen LogP contribution is -2.11. The van der Waals surface area contributed by atoms with Crippen LogP contribution in [0.5, 0.6) is 0 Å². The Kier molecular flexibility index (Phi) is 4.26. The first-order valence-electron chi connectivity index (χ1n) is 3.97. The minimum atomic E-state index is -0.546. The number of aromatic amines is 1. The van der Waals surface area contributed by atoms with Gasteiger partial charge in [-0.15, -0.1) is 0 Å². The van der Waals surface area contributed by atoms with Crippen molar-refractivity contribution in [1.82, 2.24) is 4.98 Å². The molecule has 0 atom stereocenters. The zero-order valence-corrected chi connectivity index (χ0v) is 7.86. The number of rotatable bonds is 0. The Morgan fingerprint density at radius 3 is 2.17 bits per heavy atom. The monoisotopic (exact) mass is 171 g/mol. The van der Waals surface area contributed by atoms with E-state index in [1.165, 1.54) is 6.07 Å². The first-order chi connectivity index (χ1) is 5.61. The van der Waals surface area contributed by atoms with E-state index in [0.717, 1.165) is 0 Å². The highest BCUT2D eigenvalue weighted by molar-refractivity contribution is 5.16. The number of nitrogens with one attached hydrogen (secondary N) is 1. The fraction of sp³-hybridized carbons (Fsp3) is 0.444. The summed E-state index contributed by atoms with van der Waals surface area (Å²) in [4.78, 5) is 12.8. The summed E-state index contributed by atoms with van der Waals surface area (Å²) in [6.45, 7) is 7.25. The molecule has 0 aliphatic rings. The lowest BCUT2D eigenvalue weighted by atomic mass is 10.2. The zero-order valence-electron chi connectivity index (χ0n) is 7.86. The summed E-state index contributed by atoms with van der Waals surface area (Å²) < 4.78 is 12.5. The highest BCUT2D eigenvalue weighted by Gasteiger charge is 1.98. The minimum absolute atomic E-state index is 0.358. The summed E-state index contributed by atoms with van der Waals surface area (Å²) in [6.07, 6.45) is 0. The van der Waals surface area contributed by atoms with Crippen LogP contribution in [0, 0.1) is 19.8 Å². The van der Waals surface area contributed by atoms with Gasteiger partial charge < -0.3 is 0 Å². The lowest BCUT2D eigenvalue weighted by Gasteiger charge is -1.95. The molecule has 0 aliphatic heterocycles. The van der Waals surface area contributed by atoms with Gasteiger partial charge in [-0.1, -0.05) is 13.8 Å². The van der Waals surface area contributed by atoms with E-state index >= 15 is 0 Å². The van der Waals surface area contributed by atoms with Crippen LogP contribution in [-0.2, 0) is 0 Å². The van der Waals surface area contributed by atoms with Crippen LogP contribution in [0.4, 0.5) is 4.39 Å². The van der Waals surface area contributed by atoms with E-state index in [1.54, 1.807) is 13.8 Å². The Morgan fingerprint density at radius 1 is 1.25 bits per heavy atom. The molecule has 0 bridgehead atoms. The molecule has 12 heavy (non-hydrogen) atoms. The molecule has 0 unspecified atom stereocenters. The lowest BCUT2D eigenvalue weighted by molar-refractivity contribution is 0.569. The van der Waals surface area contributed by atoms with Crippen molar-refractivity contribution < 1.29 is 4.39 Å². The third kappa shape index (κ3) is 2.49. The molecule has 0 amide bonds. The van der Waals surface area contributed by atoms with Crippen LogP contribution in [0.1, 0.15) is 25.0 Å². The molecule has 0 aliphatic carbocycles. The molecule has 0 radical (unpaired) electrons. The maximum atomic E-state index is 12.5. The Labute approximate surface area is 71.4 Å². The average molecular weight is 171 g/mol. The summed E-state index contributed by atoms with van der Waals surface area (Å²) in [6, 6.07) is 1.52. The van der Waals surface area contributed by atoms with E-state index in [4.69, 9.17) is 0 Å². The van der Waals surface area contributed by atoms with Crippen LogP contribution >= 0.6 is 0 Å². The number of halogens is 1. The topological polar surface area (TPSA) is 32.9 Å². The van der Waals surface area contributed by atoms with Gasteiger partial charge in [0.1, 0.15) is 0 Å². The molecule has 1 aromatic rings. The van der Waals surface area contributed by atoms with E-state index in [-0.39, 0.29) is 5.56 Å². The summed E-state index contributed by atoms with van der Waals surface area (Å²) in [7, 11) is 0. The maximum Gasteiger partial charge on any atom is 0.253 e. The summed E-state index contributed by atoms with van der Waals surface area (Å²) >= 11 is 0. The van der Waals surface area contributed by atoms with Crippen LogP contribution < -0.4 is 5.56 Å². The highest BCUT2D eigenvalue weighted by atomic mass is 19.1. The van der Waals surface area contributed by atoms with Gasteiger partial charge in [0.25, 0.3) is 5.56 Å². The van der Waals surface area contributed by atoms with Gasteiger partial charge in [0.05, 0.1) is 0 Å². The van der Waals surface area contributed by atoms with Crippen molar-refractivity contribution in [3.05, 3.63) is 33.5 Å². The molecular formula is C9H14FNO. The second-order valence-corrected chi connectivity index (χ2v) is 2.28. The highest BCUT2D eigenvalue weighted by Crippen LogP contribution is 1.99. The van der Waals surface area contributed by atoms with Gasteiger partial charge in [0, 0.05) is 11.1 Å². The molecule has 3 heteroatoms. The van der Waals surface area contributed by atoms with Crippen LogP contribution in [0.3, 0.4) is 0 Å². The fourth-order valence-corrected chi connectivity index (χ4v) is 0.751. The smallest absolute Gasteiger partial charge is 0.253 e. The third-order valence-corrected chi connectivity index (χ3v) is 1.36. The zero-order chi connectivity index (χ0) is 9.72. The predicted molar refractivity (Wildman–Crippen MR) is 47.8 cm³/mol. The minimum Gasteiger partial charge on any atom is -0.298 e.